The predicted molar refractivity (Wildman–Crippen MR) is 60.0 cm³/mol. The lowest BCUT2D eigenvalue weighted by molar-refractivity contribution is -0.123. The maximum Gasteiger partial charge on any atom is 0.260 e. The second-order valence-electron chi connectivity index (χ2n) is 3.58. The summed E-state index contributed by atoms with van der Waals surface area (Å²) in [5.74, 6) is -0.287. The number of carbonyl (C=O) groups is 2. The van der Waals surface area contributed by atoms with Crippen molar-refractivity contribution in [1.29, 1.82) is 0 Å². The van der Waals surface area contributed by atoms with Gasteiger partial charge in [-0.3, -0.25) is 9.59 Å². The summed E-state index contributed by atoms with van der Waals surface area (Å²) in [5, 5.41) is 0. The Bertz CT molecular complexity index is 404. The first-order valence-corrected chi connectivity index (χ1v) is 4.96. The molecule has 0 bridgehead atoms. The fourth-order valence-electron chi connectivity index (χ4n) is 1.77. The molecule has 82 valence electrons. The molecule has 4 heteroatoms. The molecule has 2 aliphatic heterocycles. The minimum Gasteiger partial charge on any atom is -0.310 e. The summed E-state index contributed by atoms with van der Waals surface area (Å²) in [7, 11) is 0. The molecule has 4 nitrogen and oxygen atoms in total. The zero-order valence-electron chi connectivity index (χ0n) is 8.85. The van der Waals surface area contributed by atoms with Crippen LogP contribution < -0.4 is 0 Å². The second kappa shape index (κ2) is 3.81. The first-order valence-electron chi connectivity index (χ1n) is 4.96. The van der Waals surface area contributed by atoms with Crippen LogP contribution in [0.1, 0.15) is 0 Å². The molecule has 16 heavy (non-hydrogen) atoms. The van der Waals surface area contributed by atoms with E-state index in [9.17, 15) is 9.59 Å². The highest BCUT2D eigenvalue weighted by Crippen LogP contribution is 2.29. The lowest BCUT2D eigenvalue weighted by Gasteiger charge is -2.12. The molecule has 0 saturated heterocycles. The van der Waals surface area contributed by atoms with Crippen molar-refractivity contribution >= 4 is 11.8 Å². The van der Waals surface area contributed by atoms with Gasteiger partial charge >= 0.3 is 0 Å². The van der Waals surface area contributed by atoms with Gasteiger partial charge in [0.25, 0.3) is 11.8 Å². The van der Waals surface area contributed by atoms with Crippen LogP contribution in [0.5, 0.6) is 0 Å². The quantitative estimate of drug-likeness (QED) is 0.652. The molecule has 0 aromatic rings. The number of rotatable bonds is 4. The van der Waals surface area contributed by atoms with E-state index in [-0.39, 0.29) is 11.8 Å². The first kappa shape index (κ1) is 10.4. The number of fused-ring (bicyclic) bond motifs is 1. The van der Waals surface area contributed by atoms with Crippen molar-refractivity contribution in [3.63, 3.8) is 0 Å². The fraction of sp³-hybridized carbons (Fsp3) is 0.167. The minimum absolute atomic E-state index is 0.144. The van der Waals surface area contributed by atoms with E-state index < -0.39 is 0 Å². The van der Waals surface area contributed by atoms with E-state index in [0.717, 1.165) is 0 Å². The van der Waals surface area contributed by atoms with Crippen LogP contribution in [0.3, 0.4) is 0 Å². The van der Waals surface area contributed by atoms with Crippen molar-refractivity contribution in [2.75, 3.05) is 13.1 Å². The van der Waals surface area contributed by atoms with Crippen LogP contribution in [0.2, 0.25) is 0 Å². The van der Waals surface area contributed by atoms with Crippen LogP contribution >= 0.6 is 0 Å². The maximum absolute atomic E-state index is 11.8. The number of amides is 2. The molecule has 0 unspecified atom stereocenters. The Morgan fingerprint density at radius 3 is 1.62 bits per heavy atom. The normalized spacial score (nSPS) is 18.5. The summed E-state index contributed by atoms with van der Waals surface area (Å²) >= 11 is 0. The molecule has 0 aromatic heterocycles. The van der Waals surface area contributed by atoms with Gasteiger partial charge in [-0.05, 0) is 0 Å². The van der Waals surface area contributed by atoms with Gasteiger partial charge in [-0.2, -0.15) is 0 Å². The Morgan fingerprint density at radius 1 is 0.938 bits per heavy atom. The zero-order chi connectivity index (χ0) is 11.7. The summed E-state index contributed by atoms with van der Waals surface area (Å²) in [6.07, 6.45) is 6.42. The highest BCUT2D eigenvalue weighted by atomic mass is 16.2. The summed E-state index contributed by atoms with van der Waals surface area (Å²) in [6.45, 7) is 7.98. The van der Waals surface area contributed by atoms with Gasteiger partial charge in [0, 0.05) is 25.5 Å². The van der Waals surface area contributed by atoms with Crippen molar-refractivity contribution < 1.29 is 9.59 Å². The standard InChI is InChI=1S/C12H12N2O2/c1-3-5-13-7-9-10(11(13)15)8-14(6-4-2)12(9)16/h3-4,7-8H,1-2,5-6H2. The topological polar surface area (TPSA) is 40.6 Å². The van der Waals surface area contributed by atoms with Crippen molar-refractivity contribution in [3.8, 4) is 0 Å². The van der Waals surface area contributed by atoms with Gasteiger partial charge in [0.05, 0.1) is 11.1 Å². The highest BCUT2D eigenvalue weighted by molar-refractivity contribution is 6.17. The predicted octanol–water partition coefficient (Wildman–Crippen LogP) is 0.811. The van der Waals surface area contributed by atoms with Gasteiger partial charge in [0.2, 0.25) is 0 Å². The Hall–Kier alpha value is -2.10. The van der Waals surface area contributed by atoms with E-state index in [1.165, 1.54) is 9.80 Å². The molecule has 0 aromatic carbocycles. The lowest BCUT2D eigenvalue weighted by atomic mass is 10.2. The third-order valence-corrected chi connectivity index (χ3v) is 2.49. The second-order valence-corrected chi connectivity index (χ2v) is 3.58. The van der Waals surface area contributed by atoms with Crippen LogP contribution in [0.4, 0.5) is 0 Å². The summed E-state index contributed by atoms with van der Waals surface area (Å²) < 4.78 is 0. The third kappa shape index (κ3) is 1.39. The summed E-state index contributed by atoms with van der Waals surface area (Å²) in [5.41, 5.74) is 0.933. The largest absolute Gasteiger partial charge is 0.310 e. The van der Waals surface area contributed by atoms with Crippen molar-refractivity contribution in [2.24, 2.45) is 0 Å². The van der Waals surface area contributed by atoms with Crippen LogP contribution in [0, 0.1) is 0 Å². The van der Waals surface area contributed by atoms with Crippen molar-refractivity contribution in [1.82, 2.24) is 9.80 Å². The Morgan fingerprint density at radius 2 is 1.31 bits per heavy atom. The lowest BCUT2D eigenvalue weighted by Crippen LogP contribution is -2.24. The van der Waals surface area contributed by atoms with Gasteiger partial charge < -0.3 is 9.80 Å². The maximum atomic E-state index is 11.8. The highest BCUT2D eigenvalue weighted by Gasteiger charge is 2.38. The molecule has 2 rings (SSSR count). The third-order valence-electron chi connectivity index (χ3n) is 2.49. The van der Waals surface area contributed by atoms with E-state index in [2.05, 4.69) is 13.2 Å². The van der Waals surface area contributed by atoms with Crippen molar-refractivity contribution in [3.05, 3.63) is 48.9 Å². The average molecular weight is 216 g/mol. The molecule has 0 spiro atoms. The smallest absolute Gasteiger partial charge is 0.260 e. The molecule has 0 atom stereocenters. The molecule has 0 N–H and O–H groups in total. The number of hydrogen-bond donors (Lipinski definition) is 0. The monoisotopic (exact) mass is 216 g/mol. The number of hydrogen-bond acceptors (Lipinski definition) is 2. The minimum atomic E-state index is -0.144. The molecular formula is C12H12N2O2. The van der Waals surface area contributed by atoms with Crippen molar-refractivity contribution in [2.45, 2.75) is 0 Å². The summed E-state index contributed by atoms with van der Waals surface area (Å²) in [6, 6.07) is 0. The van der Waals surface area contributed by atoms with E-state index in [1.807, 2.05) is 0 Å². The van der Waals surface area contributed by atoms with Crippen LogP contribution in [0.25, 0.3) is 0 Å². The van der Waals surface area contributed by atoms with E-state index in [0.29, 0.717) is 24.2 Å². The van der Waals surface area contributed by atoms with Gasteiger partial charge in [0.1, 0.15) is 0 Å². The first-order chi connectivity index (χ1) is 7.69. The molecule has 2 amide bonds. The SMILES string of the molecule is C=CCN1C=C2C(=O)N(CC=C)C=C2C1=O. The zero-order valence-corrected chi connectivity index (χ0v) is 8.85. The summed E-state index contributed by atoms with van der Waals surface area (Å²) in [4.78, 5) is 26.6. The Kier molecular flexibility index (Phi) is 2.48. The molecule has 2 aliphatic rings. The van der Waals surface area contributed by atoms with Crippen LogP contribution in [0.15, 0.2) is 48.9 Å². The van der Waals surface area contributed by atoms with Gasteiger partial charge in [0.15, 0.2) is 0 Å². The van der Waals surface area contributed by atoms with E-state index >= 15 is 0 Å². The molecule has 0 radical (unpaired) electrons. The molecule has 2 heterocycles. The molecule has 0 aliphatic carbocycles. The van der Waals surface area contributed by atoms with Gasteiger partial charge in [-0.25, -0.2) is 0 Å². The average Bonchev–Trinajstić information content (AvgIpc) is 2.71. The molecule has 0 saturated carbocycles. The fourth-order valence-corrected chi connectivity index (χ4v) is 1.77. The Balaban J connectivity index is 2.27. The van der Waals surface area contributed by atoms with Crippen LogP contribution in [-0.4, -0.2) is 34.7 Å². The number of carbonyl (C=O) groups excluding carboxylic acids is 2. The van der Waals surface area contributed by atoms with Crippen LogP contribution in [-0.2, 0) is 9.59 Å². The van der Waals surface area contributed by atoms with E-state index in [4.69, 9.17) is 0 Å². The van der Waals surface area contributed by atoms with E-state index in [1.54, 1.807) is 24.6 Å². The van der Waals surface area contributed by atoms with Gasteiger partial charge in [-0.15, -0.1) is 13.2 Å². The van der Waals surface area contributed by atoms with Gasteiger partial charge in [-0.1, -0.05) is 12.2 Å². The molecular weight excluding hydrogens is 204 g/mol. The Labute approximate surface area is 93.8 Å². The molecule has 0 fully saturated rings. The number of nitrogens with zero attached hydrogens (tertiary/aromatic N) is 2.